The normalized spacial score (nSPS) is 11.8. The van der Waals surface area contributed by atoms with E-state index in [9.17, 15) is 4.79 Å². The first-order valence-corrected chi connectivity index (χ1v) is 19.0. The van der Waals surface area contributed by atoms with E-state index in [0.29, 0.717) is 11.3 Å². The molecule has 6 heteroatoms. The number of amides is 1. The van der Waals surface area contributed by atoms with Crippen LogP contribution in [0.4, 0.5) is 5.69 Å². The van der Waals surface area contributed by atoms with Crippen molar-refractivity contribution in [3.63, 3.8) is 0 Å². The number of hydrogen-bond donors (Lipinski definition) is 3. The molecule has 0 saturated carbocycles. The van der Waals surface area contributed by atoms with Crippen molar-refractivity contribution in [3.8, 4) is 44.5 Å². The molecule has 8 bridgehead atoms. The smallest absolute Gasteiger partial charge is 0.255 e. The highest BCUT2D eigenvalue weighted by Gasteiger charge is 2.19. The van der Waals surface area contributed by atoms with Crippen molar-refractivity contribution < 1.29 is 4.79 Å². The maximum Gasteiger partial charge on any atom is 0.255 e. The highest BCUT2D eigenvalue weighted by molar-refractivity contribution is 6.05. The highest BCUT2D eigenvalue weighted by Crippen LogP contribution is 2.38. The number of fused-ring (bicyclic) bond motifs is 8. The van der Waals surface area contributed by atoms with Crippen molar-refractivity contribution in [1.82, 2.24) is 19.9 Å². The van der Waals surface area contributed by atoms with Crippen LogP contribution < -0.4 is 5.32 Å². The van der Waals surface area contributed by atoms with Crippen LogP contribution in [0.3, 0.4) is 0 Å². The van der Waals surface area contributed by atoms with Gasteiger partial charge in [0.1, 0.15) is 0 Å². The van der Waals surface area contributed by atoms with Crippen LogP contribution in [0.2, 0.25) is 0 Å². The molecule has 0 unspecified atom stereocenters. The first kappa shape index (κ1) is 33.7. The van der Waals surface area contributed by atoms with Gasteiger partial charge in [0.05, 0.1) is 22.8 Å². The molecule has 0 saturated heterocycles. The summed E-state index contributed by atoms with van der Waals surface area (Å²) in [6.45, 7) is 0. The van der Waals surface area contributed by atoms with Crippen LogP contribution in [0.25, 0.3) is 90.9 Å². The van der Waals surface area contributed by atoms with E-state index in [4.69, 9.17) is 9.97 Å². The minimum atomic E-state index is -0.157. The average Bonchev–Trinajstić information content (AvgIpc) is 4.11. The molecule has 10 rings (SSSR count). The van der Waals surface area contributed by atoms with Crippen LogP contribution in [-0.4, -0.2) is 25.8 Å². The second-order valence-corrected chi connectivity index (χ2v) is 14.0. The van der Waals surface area contributed by atoms with Crippen LogP contribution in [0.1, 0.15) is 33.1 Å². The summed E-state index contributed by atoms with van der Waals surface area (Å²) in [6.07, 6.45) is 8.42. The van der Waals surface area contributed by atoms with Crippen molar-refractivity contribution in [2.75, 3.05) is 5.32 Å². The Morgan fingerprint density at radius 1 is 0.368 bits per heavy atom. The van der Waals surface area contributed by atoms with E-state index in [1.165, 1.54) is 0 Å². The third-order valence-corrected chi connectivity index (χ3v) is 10.4. The van der Waals surface area contributed by atoms with Crippen molar-refractivity contribution >= 4 is 58.0 Å². The van der Waals surface area contributed by atoms with Crippen LogP contribution in [0.15, 0.2) is 170 Å². The number of aromatic amines is 2. The Labute approximate surface area is 329 Å². The van der Waals surface area contributed by atoms with Crippen molar-refractivity contribution in [1.29, 1.82) is 0 Å². The van der Waals surface area contributed by atoms with Crippen molar-refractivity contribution in [2.24, 2.45) is 0 Å². The maximum atomic E-state index is 13.0. The minimum absolute atomic E-state index is 0.157. The molecule has 57 heavy (non-hydrogen) atoms. The fourth-order valence-electron chi connectivity index (χ4n) is 7.75. The number of anilines is 1. The zero-order valence-corrected chi connectivity index (χ0v) is 30.8. The third-order valence-electron chi connectivity index (χ3n) is 10.4. The van der Waals surface area contributed by atoms with Gasteiger partial charge in [0.25, 0.3) is 5.91 Å². The Morgan fingerprint density at radius 3 is 1.04 bits per heavy atom. The monoisotopic (exact) mass is 733 g/mol. The molecule has 5 heterocycles. The lowest BCUT2D eigenvalue weighted by Gasteiger charge is -2.08. The van der Waals surface area contributed by atoms with Crippen LogP contribution in [0.5, 0.6) is 0 Å². The van der Waals surface area contributed by atoms with Crippen LogP contribution in [0, 0.1) is 0 Å². The van der Waals surface area contributed by atoms with Gasteiger partial charge in [0, 0.05) is 55.6 Å². The molecule has 3 N–H and O–H groups in total. The van der Waals surface area contributed by atoms with E-state index in [1.807, 2.05) is 72.8 Å². The summed E-state index contributed by atoms with van der Waals surface area (Å²) in [4.78, 5) is 31.4. The van der Waals surface area contributed by atoms with Crippen molar-refractivity contribution in [3.05, 3.63) is 198 Å². The van der Waals surface area contributed by atoms with Gasteiger partial charge in [0.15, 0.2) is 0 Å². The van der Waals surface area contributed by atoms with Gasteiger partial charge in [-0.05, 0) is 95.1 Å². The topological polar surface area (TPSA) is 86.5 Å². The Bertz CT molecular complexity index is 2980. The number of nitrogens with zero attached hydrogens (tertiary/aromatic N) is 2. The summed E-state index contributed by atoms with van der Waals surface area (Å²) in [5.41, 5.74) is 16.5. The summed E-state index contributed by atoms with van der Waals surface area (Å²) >= 11 is 0. The highest BCUT2D eigenvalue weighted by atomic mass is 16.1. The fraction of sp³-hybridized carbons (Fsp3) is 0. The van der Waals surface area contributed by atoms with E-state index in [0.717, 1.165) is 89.4 Å². The molecular weight excluding hydrogens is 699 g/mol. The van der Waals surface area contributed by atoms with Gasteiger partial charge in [-0.25, -0.2) is 9.97 Å². The van der Waals surface area contributed by atoms with Gasteiger partial charge in [-0.3, -0.25) is 4.79 Å². The summed E-state index contributed by atoms with van der Waals surface area (Å²) < 4.78 is 0. The molecule has 2 aliphatic rings. The lowest BCUT2D eigenvalue weighted by atomic mass is 10.0. The fourth-order valence-corrected chi connectivity index (χ4v) is 7.75. The molecule has 1 amide bonds. The number of hydrogen-bond acceptors (Lipinski definition) is 3. The summed E-state index contributed by atoms with van der Waals surface area (Å²) in [6, 6.07) is 57.0. The van der Waals surface area contributed by atoms with Gasteiger partial charge in [0.2, 0.25) is 0 Å². The van der Waals surface area contributed by atoms with E-state index < -0.39 is 0 Å². The predicted molar refractivity (Wildman–Crippen MR) is 235 cm³/mol. The molecule has 8 aromatic rings. The second-order valence-electron chi connectivity index (χ2n) is 14.0. The largest absolute Gasteiger partial charge is 0.354 e. The lowest BCUT2D eigenvalue weighted by Crippen LogP contribution is -2.11. The van der Waals surface area contributed by atoms with Gasteiger partial charge < -0.3 is 15.3 Å². The number of benzene rings is 5. The number of carbonyl (C=O) groups excluding carboxylic acids is 1. The quantitative estimate of drug-likeness (QED) is 0.159. The summed E-state index contributed by atoms with van der Waals surface area (Å²) in [7, 11) is 0. The van der Waals surface area contributed by atoms with E-state index in [-0.39, 0.29) is 5.91 Å². The molecule has 2 aliphatic heterocycles. The molecule has 0 spiro atoms. The first-order chi connectivity index (χ1) is 28.2. The van der Waals surface area contributed by atoms with Gasteiger partial charge >= 0.3 is 0 Å². The average molecular weight is 734 g/mol. The molecule has 0 fully saturated rings. The van der Waals surface area contributed by atoms with E-state index in [2.05, 4.69) is 137 Å². The molecule has 0 radical (unpaired) electrons. The molecule has 270 valence electrons. The predicted octanol–water partition coefficient (Wildman–Crippen LogP) is 12.6. The van der Waals surface area contributed by atoms with E-state index >= 15 is 0 Å². The Hall–Kier alpha value is -7.83. The second kappa shape index (κ2) is 14.4. The number of aromatic nitrogens is 4. The zero-order valence-electron chi connectivity index (χ0n) is 30.8. The summed E-state index contributed by atoms with van der Waals surface area (Å²) in [5, 5.41) is 3.04. The Morgan fingerprint density at radius 2 is 0.684 bits per heavy atom. The van der Waals surface area contributed by atoms with Crippen LogP contribution >= 0.6 is 0 Å². The number of rotatable bonds is 6. The zero-order chi connectivity index (χ0) is 38.1. The molecule has 3 aromatic heterocycles. The molecular formula is C51H35N5O. The third kappa shape index (κ3) is 6.45. The number of carbonyl (C=O) groups is 1. The van der Waals surface area contributed by atoms with Gasteiger partial charge in [-0.2, -0.15) is 0 Å². The number of H-pyrrole nitrogens is 2. The maximum absolute atomic E-state index is 13.0. The number of nitrogens with one attached hydrogen (secondary N) is 3. The Kier molecular flexibility index (Phi) is 8.54. The molecule has 0 atom stereocenters. The Balaban J connectivity index is 1.27. The first-order valence-electron chi connectivity index (χ1n) is 19.0. The van der Waals surface area contributed by atoms with Gasteiger partial charge in [-0.15, -0.1) is 0 Å². The van der Waals surface area contributed by atoms with Gasteiger partial charge in [-0.1, -0.05) is 121 Å². The SMILES string of the molecule is O=C(Nc1ccc(-c2c3nc(c(-c4ccccc4)c4ccc([nH]4)c(-c4ccccc4)c4nc(c(-c5ccccc5)c5ccc2[nH]5)C=C4)C=C3)cc1)c1ccccc1. The lowest BCUT2D eigenvalue weighted by molar-refractivity contribution is 0.102. The molecule has 5 aromatic carbocycles. The molecule has 0 aliphatic carbocycles. The molecule has 6 nitrogen and oxygen atoms in total. The van der Waals surface area contributed by atoms with Crippen molar-refractivity contribution in [2.45, 2.75) is 0 Å². The van der Waals surface area contributed by atoms with Crippen LogP contribution in [-0.2, 0) is 0 Å². The summed E-state index contributed by atoms with van der Waals surface area (Å²) in [5.74, 6) is -0.157. The van der Waals surface area contributed by atoms with E-state index in [1.54, 1.807) is 0 Å². The standard InChI is InChI=1S/C51H35N5O/c57-51(37-19-11-4-12-20-37)52-38-23-21-36(22-24-38)50-45-31-29-43(55-45)48(34-15-7-2-8-16-34)41-27-25-39(53-41)47(33-13-5-1-6-14-33)40-26-28-42(54-40)49(35-17-9-3-10-18-35)44-30-32-46(50)56-44/h1-32,53,56H,(H,52,57). The minimum Gasteiger partial charge on any atom is -0.354 e.